The molecule has 0 radical (unpaired) electrons. The van der Waals surface area contributed by atoms with E-state index in [-0.39, 0.29) is 5.56 Å². The Hall–Kier alpha value is -1.52. The predicted molar refractivity (Wildman–Crippen MR) is 80.6 cm³/mol. The van der Waals surface area contributed by atoms with Gasteiger partial charge in [0.1, 0.15) is 0 Å². The van der Waals surface area contributed by atoms with Crippen molar-refractivity contribution in [3.63, 3.8) is 0 Å². The molecule has 98 valence electrons. The summed E-state index contributed by atoms with van der Waals surface area (Å²) in [4.78, 5) is 11.2. The van der Waals surface area contributed by atoms with Gasteiger partial charge in [-0.1, -0.05) is 23.2 Å². The smallest absolute Gasteiger partial charge is 0.337 e. The molecule has 3 nitrogen and oxygen atoms in total. The molecular weight excluding hydrogens is 330 g/mol. The fourth-order valence-corrected chi connectivity index (χ4v) is 2.17. The van der Waals surface area contributed by atoms with Crippen molar-refractivity contribution in [2.75, 3.05) is 5.32 Å². The topological polar surface area (TPSA) is 49.3 Å². The molecule has 0 aliphatic heterocycles. The van der Waals surface area contributed by atoms with Crippen LogP contribution in [0.3, 0.4) is 0 Å². The highest BCUT2D eigenvalue weighted by Gasteiger charge is 2.10. The van der Waals surface area contributed by atoms with Crippen molar-refractivity contribution >= 4 is 44.9 Å². The third-order valence-corrected chi connectivity index (χ3v) is 3.82. The number of aromatic carboxylic acids is 1. The summed E-state index contributed by atoms with van der Waals surface area (Å²) in [5, 5.41) is 12.9. The minimum absolute atomic E-state index is 0.242. The Morgan fingerprint density at radius 2 is 2.00 bits per heavy atom. The lowest BCUT2D eigenvalue weighted by Gasteiger charge is -2.11. The van der Waals surface area contributed by atoms with E-state index in [4.69, 9.17) is 11.6 Å². The van der Waals surface area contributed by atoms with Crippen molar-refractivity contribution in [1.29, 1.82) is 0 Å². The maximum Gasteiger partial charge on any atom is 0.337 e. The van der Waals surface area contributed by atoms with E-state index in [1.54, 1.807) is 30.3 Å². The summed E-state index contributed by atoms with van der Waals surface area (Å²) in [6.45, 7) is 1.86. The normalized spacial score (nSPS) is 10.3. The fraction of sp³-hybridized carbons (Fsp3) is 0.0714. The van der Waals surface area contributed by atoms with Gasteiger partial charge >= 0.3 is 5.97 Å². The van der Waals surface area contributed by atoms with Gasteiger partial charge < -0.3 is 10.4 Å². The second-order valence-electron chi connectivity index (χ2n) is 4.11. The van der Waals surface area contributed by atoms with Crippen molar-refractivity contribution in [2.45, 2.75) is 6.92 Å². The Balaban J connectivity index is 2.37. The summed E-state index contributed by atoms with van der Waals surface area (Å²) < 4.78 is 0.753. The van der Waals surface area contributed by atoms with Gasteiger partial charge in [-0.05, 0) is 53.2 Å². The molecule has 0 aliphatic carbocycles. The number of aryl methyl sites for hydroxylation is 1. The molecule has 5 heteroatoms. The van der Waals surface area contributed by atoms with Gasteiger partial charge in [-0.15, -0.1) is 0 Å². The molecule has 2 N–H and O–H groups in total. The minimum atomic E-state index is -0.959. The zero-order valence-electron chi connectivity index (χ0n) is 10.1. The molecule has 0 fully saturated rings. The molecule has 0 aromatic heterocycles. The monoisotopic (exact) mass is 339 g/mol. The summed E-state index contributed by atoms with van der Waals surface area (Å²) >= 11 is 9.25. The Morgan fingerprint density at radius 3 is 2.63 bits per heavy atom. The third-order valence-electron chi connectivity index (χ3n) is 2.60. The van der Waals surface area contributed by atoms with E-state index in [2.05, 4.69) is 21.2 Å². The highest BCUT2D eigenvalue weighted by atomic mass is 79.9. The number of carbonyl (C=O) groups is 1. The molecule has 0 unspecified atom stereocenters. The molecule has 2 aromatic rings. The number of halogens is 2. The first-order valence-electron chi connectivity index (χ1n) is 5.53. The van der Waals surface area contributed by atoms with Gasteiger partial charge in [0, 0.05) is 10.2 Å². The largest absolute Gasteiger partial charge is 0.478 e. The highest BCUT2D eigenvalue weighted by Crippen LogP contribution is 2.28. The number of carboxylic acid groups (broad SMARTS) is 1. The number of nitrogens with one attached hydrogen (secondary N) is 1. The molecule has 2 aromatic carbocycles. The Bertz CT molecular complexity index is 643. The van der Waals surface area contributed by atoms with Gasteiger partial charge in [0.25, 0.3) is 0 Å². The van der Waals surface area contributed by atoms with Gasteiger partial charge in [-0.3, -0.25) is 0 Å². The van der Waals surface area contributed by atoms with E-state index in [1.165, 1.54) is 0 Å². The van der Waals surface area contributed by atoms with Crippen molar-refractivity contribution in [2.24, 2.45) is 0 Å². The molecule has 0 saturated carbocycles. The first-order valence-corrected chi connectivity index (χ1v) is 6.70. The second-order valence-corrected chi connectivity index (χ2v) is 5.37. The van der Waals surface area contributed by atoms with Crippen molar-refractivity contribution in [1.82, 2.24) is 0 Å². The Morgan fingerprint density at radius 1 is 1.26 bits per heavy atom. The standard InChI is InChI=1S/C14H11BrClNO2/c1-8-2-5-13(10(6-8)14(18)19)17-9-3-4-12(16)11(15)7-9/h2-7,17H,1H3,(H,18,19). The van der Waals surface area contributed by atoms with Crippen molar-refractivity contribution in [3.05, 3.63) is 57.0 Å². The molecule has 0 amide bonds. The molecule has 0 atom stereocenters. The van der Waals surface area contributed by atoms with E-state index in [1.807, 2.05) is 13.0 Å². The average molecular weight is 341 g/mol. The van der Waals surface area contributed by atoms with Crippen molar-refractivity contribution in [3.8, 4) is 0 Å². The van der Waals surface area contributed by atoms with E-state index in [0.29, 0.717) is 10.7 Å². The second kappa shape index (κ2) is 5.63. The maximum atomic E-state index is 11.2. The van der Waals surface area contributed by atoms with E-state index >= 15 is 0 Å². The number of anilines is 2. The van der Waals surface area contributed by atoms with Gasteiger partial charge in [-0.2, -0.15) is 0 Å². The van der Waals surface area contributed by atoms with Crippen LogP contribution >= 0.6 is 27.5 Å². The summed E-state index contributed by atoms with van der Waals surface area (Å²) in [6, 6.07) is 10.6. The molecular formula is C14H11BrClNO2. The molecule has 0 aliphatic rings. The Kier molecular flexibility index (Phi) is 4.12. The molecule has 0 saturated heterocycles. The lowest BCUT2D eigenvalue weighted by Crippen LogP contribution is -2.03. The van der Waals surface area contributed by atoms with Crippen LogP contribution in [0.1, 0.15) is 15.9 Å². The highest BCUT2D eigenvalue weighted by molar-refractivity contribution is 9.10. The summed E-state index contributed by atoms with van der Waals surface area (Å²) in [5.41, 5.74) is 2.46. The van der Waals surface area contributed by atoms with Crippen LogP contribution in [0.15, 0.2) is 40.9 Å². The van der Waals surface area contributed by atoms with Crippen LogP contribution in [0.5, 0.6) is 0 Å². The van der Waals surface area contributed by atoms with E-state index < -0.39 is 5.97 Å². The minimum Gasteiger partial charge on any atom is -0.478 e. The van der Waals surface area contributed by atoms with Crippen LogP contribution < -0.4 is 5.32 Å². The zero-order valence-corrected chi connectivity index (χ0v) is 12.4. The van der Waals surface area contributed by atoms with E-state index in [0.717, 1.165) is 15.7 Å². The van der Waals surface area contributed by atoms with Gasteiger partial charge in [0.2, 0.25) is 0 Å². The number of benzene rings is 2. The molecule has 0 spiro atoms. The SMILES string of the molecule is Cc1ccc(Nc2ccc(Cl)c(Br)c2)c(C(=O)O)c1. The van der Waals surface area contributed by atoms with Crippen LogP contribution in [0, 0.1) is 6.92 Å². The maximum absolute atomic E-state index is 11.2. The van der Waals surface area contributed by atoms with Crippen molar-refractivity contribution < 1.29 is 9.90 Å². The molecule has 0 bridgehead atoms. The third kappa shape index (κ3) is 3.28. The molecule has 0 heterocycles. The summed E-state index contributed by atoms with van der Waals surface area (Å²) in [6.07, 6.45) is 0. The lowest BCUT2D eigenvalue weighted by atomic mass is 10.1. The summed E-state index contributed by atoms with van der Waals surface area (Å²) in [5.74, 6) is -0.959. The van der Waals surface area contributed by atoms with E-state index in [9.17, 15) is 9.90 Å². The number of rotatable bonds is 3. The average Bonchev–Trinajstić information content (AvgIpc) is 2.36. The summed E-state index contributed by atoms with van der Waals surface area (Å²) in [7, 11) is 0. The first-order chi connectivity index (χ1) is 8.97. The van der Waals surface area contributed by atoms with Crippen LogP contribution in [0.4, 0.5) is 11.4 Å². The lowest BCUT2D eigenvalue weighted by molar-refractivity contribution is 0.0698. The van der Waals surface area contributed by atoms with Gasteiger partial charge in [-0.25, -0.2) is 4.79 Å². The zero-order chi connectivity index (χ0) is 14.0. The van der Waals surface area contributed by atoms with Crippen LogP contribution in [0.2, 0.25) is 5.02 Å². The number of carboxylic acids is 1. The molecule has 19 heavy (non-hydrogen) atoms. The first kappa shape index (κ1) is 13.9. The quantitative estimate of drug-likeness (QED) is 0.839. The van der Waals surface area contributed by atoms with Crippen LogP contribution in [0.25, 0.3) is 0 Å². The predicted octanol–water partition coefficient (Wildman–Crippen LogP) is 4.85. The van der Waals surface area contributed by atoms with Gasteiger partial charge in [0.05, 0.1) is 16.3 Å². The fourth-order valence-electron chi connectivity index (χ4n) is 1.67. The van der Waals surface area contributed by atoms with Gasteiger partial charge in [0.15, 0.2) is 0 Å². The van der Waals surface area contributed by atoms with Crippen LogP contribution in [-0.4, -0.2) is 11.1 Å². The number of hydrogen-bond acceptors (Lipinski definition) is 2. The molecule has 2 rings (SSSR count). The Labute approximate surface area is 124 Å². The number of hydrogen-bond donors (Lipinski definition) is 2. The van der Waals surface area contributed by atoms with Crippen LogP contribution in [-0.2, 0) is 0 Å².